The Labute approximate surface area is 192 Å². The van der Waals surface area contributed by atoms with Gasteiger partial charge in [0.1, 0.15) is 5.82 Å². The molecule has 0 aliphatic carbocycles. The minimum atomic E-state index is -3.71. The zero-order chi connectivity index (χ0) is 23.3. The second-order valence-electron chi connectivity index (χ2n) is 7.75. The Kier molecular flexibility index (Phi) is 6.74. The molecule has 0 saturated carbocycles. The van der Waals surface area contributed by atoms with Gasteiger partial charge >= 0.3 is 0 Å². The lowest BCUT2D eigenvalue weighted by molar-refractivity contribution is 0.102. The van der Waals surface area contributed by atoms with E-state index in [1.165, 1.54) is 36.4 Å². The summed E-state index contributed by atoms with van der Waals surface area (Å²) in [5.74, 6) is -0.787. The number of sulfonamides is 1. The monoisotopic (exact) mass is 465 g/mol. The summed E-state index contributed by atoms with van der Waals surface area (Å²) >= 11 is 0. The van der Waals surface area contributed by atoms with Crippen molar-refractivity contribution in [2.24, 2.45) is 0 Å². The smallest absolute Gasteiger partial charge is 0.255 e. The van der Waals surface area contributed by atoms with E-state index >= 15 is 0 Å². The van der Waals surface area contributed by atoms with Crippen LogP contribution in [0.25, 0.3) is 6.08 Å². The molecule has 3 aromatic carbocycles. The van der Waals surface area contributed by atoms with Crippen molar-refractivity contribution in [3.63, 3.8) is 0 Å². The molecule has 0 unspecified atom stereocenters. The maximum Gasteiger partial charge on any atom is 0.255 e. The topological polar surface area (TPSA) is 78.5 Å². The Morgan fingerprint density at radius 1 is 0.909 bits per heavy atom. The molecule has 4 rings (SSSR count). The summed E-state index contributed by atoms with van der Waals surface area (Å²) in [4.78, 5) is 14.5. The Bertz CT molecular complexity index is 1250. The van der Waals surface area contributed by atoms with E-state index in [-0.39, 0.29) is 5.82 Å². The molecule has 3 aromatic rings. The summed E-state index contributed by atoms with van der Waals surface area (Å²) < 4.78 is 41.5. The Hall–Kier alpha value is -3.65. The minimum Gasteiger partial charge on any atom is -0.369 e. The van der Waals surface area contributed by atoms with Crippen LogP contribution < -0.4 is 14.9 Å². The van der Waals surface area contributed by atoms with E-state index in [1.54, 1.807) is 24.3 Å². The first-order chi connectivity index (χ1) is 15.9. The van der Waals surface area contributed by atoms with E-state index in [0.717, 1.165) is 36.9 Å². The fraction of sp³-hybridized carbons (Fsp3) is 0.160. The summed E-state index contributed by atoms with van der Waals surface area (Å²) in [6.45, 7) is 1.67. The molecule has 1 amide bonds. The fourth-order valence-electron chi connectivity index (χ4n) is 3.62. The molecule has 0 aromatic heterocycles. The molecular weight excluding hydrogens is 441 g/mol. The Balaban J connectivity index is 1.38. The SMILES string of the molecule is O=C(Nc1ccc(N2CCCC2)c(F)c1)c1ccc(NS(=O)(=O)C=Cc2ccccc2)cc1. The molecule has 0 radical (unpaired) electrons. The van der Waals surface area contributed by atoms with Crippen LogP contribution in [0.3, 0.4) is 0 Å². The van der Waals surface area contributed by atoms with Crippen molar-refractivity contribution in [2.75, 3.05) is 28.0 Å². The van der Waals surface area contributed by atoms with Gasteiger partial charge < -0.3 is 10.2 Å². The molecule has 33 heavy (non-hydrogen) atoms. The lowest BCUT2D eigenvalue weighted by Gasteiger charge is -2.18. The zero-order valence-electron chi connectivity index (χ0n) is 17.9. The van der Waals surface area contributed by atoms with E-state index in [0.29, 0.717) is 22.6 Å². The summed E-state index contributed by atoms with van der Waals surface area (Å²) in [5, 5.41) is 3.76. The molecule has 1 aliphatic rings. The van der Waals surface area contributed by atoms with Crippen molar-refractivity contribution in [3.05, 3.63) is 95.1 Å². The van der Waals surface area contributed by atoms with Crippen LogP contribution in [0.1, 0.15) is 28.8 Å². The highest BCUT2D eigenvalue weighted by atomic mass is 32.2. The highest BCUT2D eigenvalue weighted by Gasteiger charge is 2.17. The molecule has 0 bridgehead atoms. The highest BCUT2D eigenvalue weighted by molar-refractivity contribution is 7.95. The first-order valence-corrected chi connectivity index (χ1v) is 12.2. The standard InChI is InChI=1S/C25H24FN3O3S/c26-23-18-22(12-13-24(23)29-15-4-5-16-29)27-25(30)20-8-10-21(11-9-20)28-33(31,32)17-14-19-6-2-1-3-7-19/h1-3,6-14,17-18,28H,4-5,15-16H2,(H,27,30). The van der Waals surface area contributed by atoms with Crippen molar-refractivity contribution in [1.29, 1.82) is 0 Å². The zero-order valence-corrected chi connectivity index (χ0v) is 18.7. The maximum atomic E-state index is 14.5. The van der Waals surface area contributed by atoms with Gasteiger partial charge in [-0.25, -0.2) is 12.8 Å². The van der Waals surface area contributed by atoms with E-state index < -0.39 is 15.9 Å². The largest absolute Gasteiger partial charge is 0.369 e. The number of hydrogen-bond acceptors (Lipinski definition) is 4. The van der Waals surface area contributed by atoms with Crippen molar-refractivity contribution in [1.82, 2.24) is 0 Å². The Morgan fingerprint density at radius 3 is 2.24 bits per heavy atom. The molecule has 6 nitrogen and oxygen atoms in total. The van der Waals surface area contributed by atoms with Gasteiger partial charge in [-0.05, 0) is 66.9 Å². The highest BCUT2D eigenvalue weighted by Crippen LogP contribution is 2.26. The molecule has 1 fully saturated rings. The number of amides is 1. The van der Waals surface area contributed by atoms with Gasteiger partial charge in [0.2, 0.25) is 0 Å². The van der Waals surface area contributed by atoms with Gasteiger partial charge in [0.25, 0.3) is 15.9 Å². The number of nitrogens with zero attached hydrogens (tertiary/aromatic N) is 1. The maximum absolute atomic E-state index is 14.5. The fourth-order valence-corrected chi connectivity index (χ4v) is 4.49. The normalized spacial score (nSPS) is 13.9. The third-order valence-corrected chi connectivity index (χ3v) is 6.31. The van der Waals surface area contributed by atoms with Crippen LogP contribution in [-0.2, 0) is 10.0 Å². The molecule has 1 saturated heterocycles. The predicted molar refractivity (Wildman–Crippen MR) is 130 cm³/mol. The van der Waals surface area contributed by atoms with Gasteiger partial charge in [0, 0.05) is 30.0 Å². The predicted octanol–water partition coefficient (Wildman–Crippen LogP) is 5.09. The lowest BCUT2D eigenvalue weighted by atomic mass is 10.2. The van der Waals surface area contributed by atoms with E-state index in [1.807, 2.05) is 23.1 Å². The van der Waals surface area contributed by atoms with Gasteiger partial charge in [-0.3, -0.25) is 9.52 Å². The third kappa shape index (κ3) is 5.98. The second kappa shape index (κ2) is 9.87. The second-order valence-corrected chi connectivity index (χ2v) is 9.32. The van der Waals surface area contributed by atoms with E-state index in [4.69, 9.17) is 0 Å². The van der Waals surface area contributed by atoms with Gasteiger partial charge in [0.05, 0.1) is 11.1 Å². The van der Waals surface area contributed by atoms with Crippen LogP contribution >= 0.6 is 0 Å². The first kappa shape index (κ1) is 22.5. The van der Waals surface area contributed by atoms with Crippen LogP contribution in [-0.4, -0.2) is 27.4 Å². The van der Waals surface area contributed by atoms with Gasteiger partial charge in [-0.1, -0.05) is 30.3 Å². The van der Waals surface area contributed by atoms with E-state index in [9.17, 15) is 17.6 Å². The van der Waals surface area contributed by atoms with Crippen LogP contribution in [0.4, 0.5) is 21.5 Å². The van der Waals surface area contributed by atoms with Crippen LogP contribution in [0.2, 0.25) is 0 Å². The third-order valence-electron chi connectivity index (χ3n) is 5.30. The first-order valence-electron chi connectivity index (χ1n) is 10.6. The van der Waals surface area contributed by atoms with E-state index in [2.05, 4.69) is 10.0 Å². The molecule has 0 spiro atoms. The average molecular weight is 466 g/mol. The number of carbonyl (C=O) groups is 1. The summed E-state index contributed by atoms with van der Waals surface area (Å²) in [6, 6.07) is 19.8. The number of nitrogens with one attached hydrogen (secondary N) is 2. The molecule has 2 N–H and O–H groups in total. The molecule has 1 heterocycles. The number of anilines is 3. The number of halogens is 1. The van der Waals surface area contributed by atoms with Crippen LogP contribution in [0.15, 0.2) is 78.2 Å². The number of carbonyl (C=O) groups excluding carboxylic acids is 1. The minimum absolute atomic E-state index is 0.321. The number of hydrogen-bond donors (Lipinski definition) is 2. The average Bonchev–Trinajstić information content (AvgIpc) is 3.33. The summed E-state index contributed by atoms with van der Waals surface area (Å²) in [5.41, 5.74) is 2.31. The molecule has 170 valence electrons. The van der Waals surface area contributed by atoms with Crippen molar-refractivity contribution < 1.29 is 17.6 Å². The van der Waals surface area contributed by atoms with Crippen molar-refractivity contribution >= 4 is 39.1 Å². The van der Waals surface area contributed by atoms with Gasteiger partial charge in [-0.15, -0.1) is 0 Å². The molecule has 0 atom stereocenters. The van der Waals surface area contributed by atoms with Gasteiger partial charge in [0.15, 0.2) is 0 Å². The quantitative estimate of drug-likeness (QED) is 0.509. The van der Waals surface area contributed by atoms with Crippen LogP contribution in [0.5, 0.6) is 0 Å². The van der Waals surface area contributed by atoms with Crippen molar-refractivity contribution in [2.45, 2.75) is 12.8 Å². The number of rotatable bonds is 7. The molecule has 1 aliphatic heterocycles. The molecule has 8 heteroatoms. The summed E-state index contributed by atoms with van der Waals surface area (Å²) in [6.07, 6.45) is 3.60. The van der Waals surface area contributed by atoms with Gasteiger partial charge in [-0.2, -0.15) is 0 Å². The number of benzene rings is 3. The Morgan fingerprint density at radius 2 is 1.58 bits per heavy atom. The van der Waals surface area contributed by atoms with Crippen molar-refractivity contribution in [3.8, 4) is 0 Å². The summed E-state index contributed by atoms with van der Waals surface area (Å²) in [7, 11) is -3.71. The lowest BCUT2D eigenvalue weighted by Crippen LogP contribution is -2.19. The van der Waals surface area contributed by atoms with Crippen LogP contribution in [0, 0.1) is 5.82 Å². The molecular formula is C25H24FN3O3S.